The van der Waals surface area contributed by atoms with E-state index in [1.807, 2.05) is 36.4 Å². The van der Waals surface area contributed by atoms with Gasteiger partial charge < -0.3 is 14.8 Å². The SMILES string of the molecule is COc1cccc(CNC(C)c2ccccc2)c1OCc1ccc(F)cc1.Cl. The zero-order valence-electron chi connectivity index (χ0n) is 16.0. The van der Waals surface area contributed by atoms with Gasteiger partial charge in [0.2, 0.25) is 0 Å². The van der Waals surface area contributed by atoms with Crippen molar-refractivity contribution in [3.05, 3.63) is 95.3 Å². The van der Waals surface area contributed by atoms with Crippen molar-refractivity contribution in [1.82, 2.24) is 5.32 Å². The van der Waals surface area contributed by atoms with E-state index in [1.165, 1.54) is 17.7 Å². The number of hydrogen-bond donors (Lipinski definition) is 1. The standard InChI is InChI=1S/C23H24FNO2.ClH/c1-17(19-7-4-3-5-8-19)25-15-20-9-6-10-22(26-2)23(20)27-16-18-11-13-21(24)14-12-18;/h3-14,17,25H,15-16H2,1-2H3;1H. The Morgan fingerprint density at radius 3 is 2.32 bits per heavy atom. The van der Waals surface area contributed by atoms with E-state index in [4.69, 9.17) is 9.47 Å². The van der Waals surface area contributed by atoms with E-state index in [0.717, 1.165) is 11.1 Å². The molecule has 0 amide bonds. The number of hydrogen-bond acceptors (Lipinski definition) is 3. The zero-order valence-corrected chi connectivity index (χ0v) is 16.8. The molecule has 28 heavy (non-hydrogen) atoms. The first-order valence-corrected chi connectivity index (χ1v) is 8.99. The summed E-state index contributed by atoms with van der Waals surface area (Å²) in [5, 5.41) is 3.53. The second-order valence-corrected chi connectivity index (χ2v) is 6.38. The van der Waals surface area contributed by atoms with E-state index >= 15 is 0 Å². The maximum absolute atomic E-state index is 13.1. The number of halogens is 2. The lowest BCUT2D eigenvalue weighted by molar-refractivity contribution is 0.280. The Balaban J connectivity index is 0.00000280. The molecule has 5 heteroatoms. The van der Waals surface area contributed by atoms with E-state index in [2.05, 4.69) is 24.4 Å². The van der Waals surface area contributed by atoms with Gasteiger partial charge >= 0.3 is 0 Å². The molecule has 148 valence electrons. The van der Waals surface area contributed by atoms with Crippen molar-refractivity contribution >= 4 is 12.4 Å². The fraction of sp³-hybridized carbons (Fsp3) is 0.217. The van der Waals surface area contributed by atoms with Crippen molar-refractivity contribution in [2.75, 3.05) is 7.11 Å². The minimum atomic E-state index is -0.254. The monoisotopic (exact) mass is 401 g/mol. The third kappa shape index (κ3) is 5.72. The number of benzene rings is 3. The Morgan fingerprint density at radius 2 is 1.64 bits per heavy atom. The van der Waals surface area contributed by atoms with Gasteiger partial charge in [-0.15, -0.1) is 12.4 Å². The average molecular weight is 402 g/mol. The molecule has 0 aliphatic heterocycles. The molecular weight excluding hydrogens is 377 g/mol. The molecule has 1 unspecified atom stereocenters. The Labute approximate surface area is 171 Å². The van der Waals surface area contributed by atoms with Crippen molar-refractivity contribution in [1.29, 1.82) is 0 Å². The number of nitrogens with one attached hydrogen (secondary N) is 1. The van der Waals surface area contributed by atoms with Gasteiger partial charge in [0.25, 0.3) is 0 Å². The van der Waals surface area contributed by atoms with Gasteiger partial charge in [0, 0.05) is 18.2 Å². The van der Waals surface area contributed by atoms with Crippen LogP contribution in [0.15, 0.2) is 72.8 Å². The highest BCUT2D eigenvalue weighted by molar-refractivity contribution is 5.85. The van der Waals surface area contributed by atoms with Crippen molar-refractivity contribution in [3.63, 3.8) is 0 Å². The Bertz CT molecular complexity index is 856. The van der Waals surface area contributed by atoms with Gasteiger partial charge in [-0.2, -0.15) is 0 Å². The predicted octanol–water partition coefficient (Wildman–Crippen LogP) is 5.69. The van der Waals surface area contributed by atoms with E-state index in [1.54, 1.807) is 19.2 Å². The Morgan fingerprint density at radius 1 is 0.929 bits per heavy atom. The highest BCUT2D eigenvalue weighted by Crippen LogP contribution is 2.32. The molecule has 3 aromatic carbocycles. The maximum Gasteiger partial charge on any atom is 0.166 e. The molecule has 0 saturated carbocycles. The lowest BCUT2D eigenvalue weighted by Crippen LogP contribution is -2.18. The summed E-state index contributed by atoms with van der Waals surface area (Å²) in [6, 6.07) is 22.7. The largest absolute Gasteiger partial charge is 0.493 e. The molecule has 3 nitrogen and oxygen atoms in total. The normalized spacial score (nSPS) is 11.4. The van der Waals surface area contributed by atoms with Crippen LogP contribution < -0.4 is 14.8 Å². The average Bonchev–Trinajstić information content (AvgIpc) is 2.72. The molecule has 1 atom stereocenters. The fourth-order valence-electron chi connectivity index (χ4n) is 2.88. The summed E-state index contributed by atoms with van der Waals surface area (Å²) >= 11 is 0. The molecule has 0 fully saturated rings. The smallest absolute Gasteiger partial charge is 0.166 e. The van der Waals surface area contributed by atoms with E-state index in [9.17, 15) is 4.39 Å². The predicted molar refractivity (Wildman–Crippen MR) is 113 cm³/mol. The highest BCUT2D eigenvalue weighted by atomic mass is 35.5. The third-order valence-electron chi connectivity index (χ3n) is 4.48. The molecular formula is C23H25ClFNO2. The van der Waals surface area contributed by atoms with Gasteiger partial charge in [-0.05, 0) is 36.2 Å². The van der Waals surface area contributed by atoms with Crippen LogP contribution in [-0.2, 0) is 13.2 Å². The summed E-state index contributed by atoms with van der Waals surface area (Å²) in [4.78, 5) is 0. The van der Waals surface area contributed by atoms with Gasteiger partial charge in [0.1, 0.15) is 12.4 Å². The first-order valence-electron chi connectivity index (χ1n) is 8.99. The summed E-state index contributed by atoms with van der Waals surface area (Å²) in [5.41, 5.74) is 3.15. The molecule has 0 aromatic heterocycles. The first-order chi connectivity index (χ1) is 13.2. The van der Waals surface area contributed by atoms with Crippen LogP contribution in [0.3, 0.4) is 0 Å². The second kappa shape index (κ2) is 10.7. The topological polar surface area (TPSA) is 30.5 Å². The van der Waals surface area contributed by atoms with E-state index in [-0.39, 0.29) is 24.3 Å². The van der Waals surface area contributed by atoms with Crippen LogP contribution in [0.5, 0.6) is 11.5 Å². The van der Waals surface area contributed by atoms with Gasteiger partial charge in [0.05, 0.1) is 7.11 Å². The summed E-state index contributed by atoms with van der Waals surface area (Å²) in [7, 11) is 1.63. The van der Waals surface area contributed by atoms with E-state index < -0.39 is 0 Å². The summed E-state index contributed by atoms with van der Waals surface area (Å²) in [6.45, 7) is 3.13. The summed E-state index contributed by atoms with van der Waals surface area (Å²) < 4.78 is 24.6. The minimum Gasteiger partial charge on any atom is -0.493 e. The van der Waals surface area contributed by atoms with Crippen molar-refractivity contribution < 1.29 is 13.9 Å². The number of ether oxygens (including phenoxy) is 2. The molecule has 0 aliphatic carbocycles. The molecule has 0 spiro atoms. The molecule has 0 bridgehead atoms. The highest BCUT2D eigenvalue weighted by Gasteiger charge is 2.12. The lowest BCUT2D eigenvalue weighted by atomic mass is 10.1. The summed E-state index contributed by atoms with van der Waals surface area (Å²) in [6.07, 6.45) is 0. The molecule has 3 rings (SSSR count). The Hall–Kier alpha value is -2.56. The van der Waals surface area contributed by atoms with Gasteiger partial charge in [-0.1, -0.05) is 54.6 Å². The Kier molecular flexibility index (Phi) is 8.30. The van der Waals surface area contributed by atoms with Crippen molar-refractivity contribution in [3.8, 4) is 11.5 Å². The molecule has 0 heterocycles. The van der Waals surface area contributed by atoms with Crippen LogP contribution >= 0.6 is 12.4 Å². The number of para-hydroxylation sites is 1. The minimum absolute atomic E-state index is 0. The fourth-order valence-corrected chi connectivity index (χ4v) is 2.88. The van der Waals surface area contributed by atoms with E-state index in [0.29, 0.717) is 24.7 Å². The van der Waals surface area contributed by atoms with Crippen LogP contribution in [0.25, 0.3) is 0 Å². The van der Waals surface area contributed by atoms with Crippen LogP contribution in [0.2, 0.25) is 0 Å². The molecule has 1 N–H and O–H groups in total. The second-order valence-electron chi connectivity index (χ2n) is 6.38. The van der Waals surface area contributed by atoms with Crippen LogP contribution in [0.1, 0.15) is 29.7 Å². The molecule has 0 aliphatic rings. The zero-order chi connectivity index (χ0) is 19.1. The van der Waals surface area contributed by atoms with Gasteiger partial charge in [-0.3, -0.25) is 0 Å². The van der Waals surface area contributed by atoms with Gasteiger partial charge in [0.15, 0.2) is 11.5 Å². The third-order valence-corrected chi connectivity index (χ3v) is 4.48. The number of methoxy groups -OCH3 is 1. The van der Waals surface area contributed by atoms with Crippen molar-refractivity contribution in [2.45, 2.75) is 26.1 Å². The lowest BCUT2D eigenvalue weighted by Gasteiger charge is -2.18. The molecule has 3 aromatic rings. The summed E-state index contributed by atoms with van der Waals surface area (Å²) in [5.74, 6) is 1.14. The molecule has 0 saturated heterocycles. The van der Waals surface area contributed by atoms with Gasteiger partial charge in [-0.25, -0.2) is 4.39 Å². The maximum atomic E-state index is 13.1. The quantitative estimate of drug-likeness (QED) is 0.526. The number of rotatable bonds is 8. The molecule has 0 radical (unpaired) electrons. The van der Waals surface area contributed by atoms with Crippen LogP contribution in [0, 0.1) is 5.82 Å². The first kappa shape index (κ1) is 21.7. The van der Waals surface area contributed by atoms with Crippen LogP contribution in [0.4, 0.5) is 4.39 Å². The van der Waals surface area contributed by atoms with Crippen molar-refractivity contribution in [2.24, 2.45) is 0 Å². The van der Waals surface area contributed by atoms with Crippen LogP contribution in [-0.4, -0.2) is 7.11 Å².